The molecule has 0 aliphatic carbocycles. The molecule has 4 atom stereocenters. The van der Waals surface area contributed by atoms with Gasteiger partial charge >= 0.3 is 0 Å². The van der Waals surface area contributed by atoms with Gasteiger partial charge in [0.1, 0.15) is 0 Å². The zero-order valence-electron chi connectivity index (χ0n) is 13.3. The molecule has 1 fully saturated rings. The predicted molar refractivity (Wildman–Crippen MR) is 87.3 cm³/mol. The molecule has 110 valence electrons. The van der Waals surface area contributed by atoms with E-state index >= 15 is 0 Å². The summed E-state index contributed by atoms with van der Waals surface area (Å²) in [5.74, 6) is 1.05. The van der Waals surface area contributed by atoms with Gasteiger partial charge in [0.2, 0.25) is 0 Å². The SMILES string of the molecule is Cc1ccc([C@H]2O[C@@H](c3ccc(C)cc3)[C@@H](C)[C@H]2C)cc1. The number of hydrogen-bond acceptors (Lipinski definition) is 1. The molecule has 1 heteroatoms. The maximum atomic E-state index is 6.44. The summed E-state index contributed by atoms with van der Waals surface area (Å²) in [6.45, 7) is 8.87. The Morgan fingerprint density at radius 2 is 0.952 bits per heavy atom. The van der Waals surface area contributed by atoms with Gasteiger partial charge in [-0.15, -0.1) is 0 Å². The number of aryl methyl sites for hydroxylation is 2. The third kappa shape index (κ3) is 2.75. The molecule has 0 radical (unpaired) electrons. The zero-order chi connectivity index (χ0) is 15.0. The van der Waals surface area contributed by atoms with E-state index in [1.165, 1.54) is 22.3 Å². The lowest BCUT2D eigenvalue weighted by Crippen LogP contribution is -2.09. The number of benzene rings is 2. The molecule has 2 aromatic carbocycles. The van der Waals surface area contributed by atoms with Crippen molar-refractivity contribution >= 4 is 0 Å². The van der Waals surface area contributed by atoms with Gasteiger partial charge in [0.05, 0.1) is 12.2 Å². The van der Waals surface area contributed by atoms with Crippen LogP contribution in [0.4, 0.5) is 0 Å². The van der Waals surface area contributed by atoms with Gasteiger partial charge in [-0.3, -0.25) is 0 Å². The molecule has 0 amide bonds. The van der Waals surface area contributed by atoms with Crippen molar-refractivity contribution in [3.05, 3.63) is 70.8 Å². The van der Waals surface area contributed by atoms with E-state index < -0.39 is 0 Å². The van der Waals surface area contributed by atoms with Gasteiger partial charge in [0.15, 0.2) is 0 Å². The van der Waals surface area contributed by atoms with Crippen LogP contribution >= 0.6 is 0 Å². The lowest BCUT2D eigenvalue weighted by Gasteiger charge is -2.16. The van der Waals surface area contributed by atoms with Gasteiger partial charge in [-0.05, 0) is 36.8 Å². The van der Waals surface area contributed by atoms with Crippen LogP contribution in [0.15, 0.2) is 48.5 Å². The van der Waals surface area contributed by atoms with E-state index in [0.29, 0.717) is 11.8 Å². The Morgan fingerprint density at radius 1 is 0.619 bits per heavy atom. The second-order valence-electron chi connectivity index (χ2n) is 6.52. The second-order valence-corrected chi connectivity index (χ2v) is 6.52. The molecular weight excluding hydrogens is 256 g/mol. The van der Waals surface area contributed by atoms with Crippen molar-refractivity contribution in [2.45, 2.75) is 39.9 Å². The van der Waals surface area contributed by atoms with Gasteiger partial charge < -0.3 is 4.74 Å². The minimum Gasteiger partial charge on any atom is -0.365 e. The molecule has 3 rings (SSSR count). The third-order valence-electron chi connectivity index (χ3n) is 4.89. The van der Waals surface area contributed by atoms with E-state index in [1.807, 2.05) is 0 Å². The molecular formula is C20H24O. The summed E-state index contributed by atoms with van der Waals surface area (Å²) in [7, 11) is 0. The molecule has 1 saturated heterocycles. The van der Waals surface area contributed by atoms with E-state index in [4.69, 9.17) is 4.74 Å². The monoisotopic (exact) mass is 280 g/mol. The Morgan fingerprint density at radius 3 is 1.29 bits per heavy atom. The topological polar surface area (TPSA) is 9.23 Å². The molecule has 1 aliphatic rings. The first kappa shape index (κ1) is 14.3. The lowest BCUT2D eigenvalue weighted by molar-refractivity contribution is 0.0290. The van der Waals surface area contributed by atoms with Crippen LogP contribution in [-0.4, -0.2) is 0 Å². The van der Waals surface area contributed by atoms with Gasteiger partial charge in [0.25, 0.3) is 0 Å². The van der Waals surface area contributed by atoms with Gasteiger partial charge in [0, 0.05) is 0 Å². The zero-order valence-corrected chi connectivity index (χ0v) is 13.3. The molecule has 0 aromatic heterocycles. The summed E-state index contributed by atoms with van der Waals surface area (Å²) < 4.78 is 6.44. The first-order valence-corrected chi connectivity index (χ1v) is 7.85. The van der Waals surface area contributed by atoms with Crippen LogP contribution in [0.1, 0.15) is 48.3 Å². The minimum absolute atomic E-state index is 0.201. The van der Waals surface area contributed by atoms with E-state index in [0.717, 1.165) is 0 Å². The van der Waals surface area contributed by atoms with Crippen LogP contribution in [0.25, 0.3) is 0 Å². The Kier molecular flexibility index (Phi) is 3.86. The Labute approximate surface area is 128 Å². The highest BCUT2D eigenvalue weighted by atomic mass is 16.5. The standard InChI is InChI=1S/C20H24O/c1-13-5-9-17(10-6-13)19-15(3)16(4)20(21-19)18-11-7-14(2)8-12-18/h5-12,15-16,19-20H,1-4H3/t15-,16+,19+,20-. The average Bonchev–Trinajstić information content (AvgIpc) is 2.78. The van der Waals surface area contributed by atoms with E-state index in [-0.39, 0.29) is 12.2 Å². The van der Waals surface area contributed by atoms with Crippen LogP contribution in [0.5, 0.6) is 0 Å². The van der Waals surface area contributed by atoms with Crippen molar-refractivity contribution in [1.29, 1.82) is 0 Å². The van der Waals surface area contributed by atoms with Crippen molar-refractivity contribution in [2.75, 3.05) is 0 Å². The fraction of sp³-hybridized carbons (Fsp3) is 0.400. The van der Waals surface area contributed by atoms with Crippen LogP contribution in [0.3, 0.4) is 0 Å². The molecule has 0 unspecified atom stereocenters. The summed E-state index contributed by atoms with van der Waals surface area (Å²) >= 11 is 0. The normalized spacial score (nSPS) is 28.8. The third-order valence-corrected chi connectivity index (χ3v) is 4.89. The van der Waals surface area contributed by atoms with Crippen molar-refractivity contribution in [1.82, 2.24) is 0 Å². The minimum atomic E-state index is 0.201. The average molecular weight is 280 g/mol. The number of ether oxygens (including phenoxy) is 1. The highest BCUT2D eigenvalue weighted by molar-refractivity contribution is 5.28. The van der Waals surface area contributed by atoms with Crippen LogP contribution in [0.2, 0.25) is 0 Å². The van der Waals surface area contributed by atoms with Gasteiger partial charge in [-0.2, -0.15) is 0 Å². The summed E-state index contributed by atoms with van der Waals surface area (Å²) in [6, 6.07) is 17.5. The molecule has 21 heavy (non-hydrogen) atoms. The summed E-state index contributed by atoms with van der Waals surface area (Å²) in [6.07, 6.45) is 0.402. The number of rotatable bonds is 2. The first-order chi connectivity index (χ1) is 10.1. The quantitative estimate of drug-likeness (QED) is 0.716. The van der Waals surface area contributed by atoms with Crippen LogP contribution in [0, 0.1) is 25.7 Å². The van der Waals surface area contributed by atoms with Gasteiger partial charge in [-0.25, -0.2) is 0 Å². The Hall–Kier alpha value is -1.60. The molecule has 1 nitrogen and oxygen atoms in total. The summed E-state index contributed by atoms with van der Waals surface area (Å²) in [4.78, 5) is 0. The van der Waals surface area contributed by atoms with Crippen LogP contribution < -0.4 is 0 Å². The highest BCUT2D eigenvalue weighted by Crippen LogP contribution is 2.48. The van der Waals surface area contributed by atoms with E-state index in [1.54, 1.807) is 0 Å². The lowest BCUT2D eigenvalue weighted by atomic mass is 9.85. The van der Waals surface area contributed by atoms with Gasteiger partial charge in [-0.1, -0.05) is 73.5 Å². The van der Waals surface area contributed by atoms with E-state index in [2.05, 4.69) is 76.2 Å². The van der Waals surface area contributed by atoms with Crippen LogP contribution in [-0.2, 0) is 4.74 Å². The first-order valence-electron chi connectivity index (χ1n) is 7.85. The molecule has 2 aromatic rings. The molecule has 0 N–H and O–H groups in total. The van der Waals surface area contributed by atoms with E-state index in [9.17, 15) is 0 Å². The maximum absolute atomic E-state index is 6.44. The summed E-state index contributed by atoms with van der Waals surface area (Å²) in [5, 5.41) is 0. The maximum Gasteiger partial charge on any atom is 0.0862 e. The predicted octanol–water partition coefficient (Wildman–Crippen LogP) is 5.39. The largest absolute Gasteiger partial charge is 0.365 e. The smallest absolute Gasteiger partial charge is 0.0862 e. The Balaban J connectivity index is 1.86. The fourth-order valence-electron chi connectivity index (χ4n) is 3.23. The molecule has 0 spiro atoms. The summed E-state index contributed by atoms with van der Waals surface area (Å²) in [5.41, 5.74) is 5.20. The molecule has 1 aliphatic heterocycles. The van der Waals surface area contributed by atoms with Crippen molar-refractivity contribution in [2.24, 2.45) is 11.8 Å². The number of hydrogen-bond donors (Lipinski definition) is 0. The Bertz CT molecular complexity index is 541. The van der Waals surface area contributed by atoms with Crippen molar-refractivity contribution < 1.29 is 4.74 Å². The highest BCUT2D eigenvalue weighted by Gasteiger charge is 2.40. The molecule has 0 saturated carbocycles. The van der Waals surface area contributed by atoms with Crippen molar-refractivity contribution in [3.63, 3.8) is 0 Å². The second kappa shape index (κ2) is 5.65. The fourth-order valence-corrected chi connectivity index (χ4v) is 3.23. The molecule has 0 bridgehead atoms. The van der Waals surface area contributed by atoms with Crippen molar-refractivity contribution in [3.8, 4) is 0 Å². The molecule has 1 heterocycles.